The summed E-state index contributed by atoms with van der Waals surface area (Å²) in [5.74, 6) is 6.52. The fourth-order valence-corrected chi connectivity index (χ4v) is 2.72. The van der Waals surface area contributed by atoms with E-state index in [0.29, 0.717) is 28.8 Å². The topological polar surface area (TPSA) is 29.5 Å². The second-order valence-electron chi connectivity index (χ2n) is 3.90. The van der Waals surface area contributed by atoms with Gasteiger partial charge in [0.15, 0.2) is 0 Å². The van der Waals surface area contributed by atoms with Crippen molar-refractivity contribution in [2.75, 3.05) is 6.61 Å². The first-order valence-electron chi connectivity index (χ1n) is 5.94. The van der Waals surface area contributed by atoms with Gasteiger partial charge in [-0.3, -0.25) is 0 Å². The van der Waals surface area contributed by atoms with Crippen molar-refractivity contribution in [3.05, 3.63) is 50.1 Å². The molecule has 5 heteroatoms. The summed E-state index contributed by atoms with van der Waals surface area (Å²) in [6.07, 6.45) is 0.471. The highest BCUT2D eigenvalue weighted by Crippen LogP contribution is 2.29. The van der Waals surface area contributed by atoms with Crippen LogP contribution in [0.4, 0.5) is 0 Å². The quantitative estimate of drug-likeness (QED) is 0.845. The standard InChI is InChI=1S/C15H12Cl2O2S/c16-12-4-5-14(13(17)9-12)19-10-15-11(6-8-20-15)3-1-2-7-18/h4-6,8-9,18H,2,7,10H2. The molecule has 1 N–H and O–H groups in total. The summed E-state index contributed by atoms with van der Waals surface area (Å²) < 4.78 is 5.69. The third-order valence-electron chi connectivity index (χ3n) is 2.46. The van der Waals surface area contributed by atoms with Crippen LogP contribution in [0.15, 0.2) is 29.6 Å². The van der Waals surface area contributed by atoms with E-state index in [2.05, 4.69) is 11.8 Å². The second kappa shape index (κ2) is 7.56. The molecule has 2 rings (SSSR count). The van der Waals surface area contributed by atoms with Crippen LogP contribution in [0.3, 0.4) is 0 Å². The average molecular weight is 327 g/mol. The molecular formula is C15H12Cl2O2S. The first kappa shape index (κ1) is 15.2. The minimum absolute atomic E-state index is 0.0728. The number of rotatable bonds is 4. The lowest BCUT2D eigenvalue weighted by Gasteiger charge is -2.07. The van der Waals surface area contributed by atoms with Crippen molar-refractivity contribution >= 4 is 34.5 Å². The Morgan fingerprint density at radius 1 is 1.25 bits per heavy atom. The largest absolute Gasteiger partial charge is 0.486 e. The van der Waals surface area contributed by atoms with Crippen LogP contribution in [0.25, 0.3) is 0 Å². The highest BCUT2D eigenvalue weighted by atomic mass is 35.5. The monoisotopic (exact) mass is 326 g/mol. The van der Waals surface area contributed by atoms with Crippen molar-refractivity contribution < 1.29 is 9.84 Å². The smallest absolute Gasteiger partial charge is 0.138 e. The molecule has 0 aliphatic carbocycles. The van der Waals surface area contributed by atoms with E-state index in [0.717, 1.165) is 10.4 Å². The Bertz CT molecular complexity index is 641. The fourth-order valence-electron chi connectivity index (χ4n) is 1.51. The summed E-state index contributed by atoms with van der Waals surface area (Å²) in [6, 6.07) is 7.07. The van der Waals surface area contributed by atoms with E-state index in [9.17, 15) is 0 Å². The number of aliphatic hydroxyl groups is 1. The van der Waals surface area contributed by atoms with Gasteiger partial charge < -0.3 is 9.84 Å². The predicted octanol–water partition coefficient (Wildman–Crippen LogP) is 4.37. The summed E-state index contributed by atoms with van der Waals surface area (Å²) in [6.45, 7) is 0.478. The zero-order valence-electron chi connectivity index (χ0n) is 10.5. The van der Waals surface area contributed by atoms with Gasteiger partial charge in [0.25, 0.3) is 0 Å². The number of thiophene rings is 1. The molecule has 0 spiro atoms. The Hall–Kier alpha value is -1.18. The summed E-state index contributed by atoms with van der Waals surface area (Å²) in [5.41, 5.74) is 0.925. The Morgan fingerprint density at radius 2 is 2.10 bits per heavy atom. The van der Waals surface area contributed by atoms with E-state index in [1.807, 2.05) is 11.4 Å². The molecule has 0 atom stereocenters. The summed E-state index contributed by atoms with van der Waals surface area (Å²) in [7, 11) is 0. The van der Waals surface area contributed by atoms with E-state index >= 15 is 0 Å². The molecule has 2 aromatic rings. The third kappa shape index (κ3) is 4.16. The predicted molar refractivity (Wildman–Crippen MR) is 83.7 cm³/mol. The van der Waals surface area contributed by atoms with Crippen LogP contribution in [0.5, 0.6) is 5.75 Å². The molecule has 0 unspecified atom stereocenters. The van der Waals surface area contributed by atoms with Crippen molar-refractivity contribution in [1.82, 2.24) is 0 Å². The highest BCUT2D eigenvalue weighted by Gasteiger charge is 2.06. The molecule has 2 nitrogen and oxygen atoms in total. The van der Waals surface area contributed by atoms with Crippen LogP contribution in [0, 0.1) is 11.8 Å². The van der Waals surface area contributed by atoms with Gasteiger partial charge in [0.1, 0.15) is 12.4 Å². The lowest BCUT2D eigenvalue weighted by molar-refractivity contribution is 0.305. The van der Waals surface area contributed by atoms with Gasteiger partial charge in [0.05, 0.1) is 16.5 Å². The Balaban J connectivity index is 2.04. The van der Waals surface area contributed by atoms with Gasteiger partial charge in [-0.15, -0.1) is 11.3 Å². The van der Waals surface area contributed by atoms with Crippen LogP contribution in [0.2, 0.25) is 10.0 Å². The van der Waals surface area contributed by atoms with Crippen molar-refractivity contribution in [1.29, 1.82) is 0 Å². The van der Waals surface area contributed by atoms with Crippen LogP contribution < -0.4 is 4.74 Å². The first-order chi connectivity index (χ1) is 9.70. The Labute approximate surface area is 131 Å². The molecule has 0 amide bonds. The number of aliphatic hydroxyl groups excluding tert-OH is 1. The van der Waals surface area contributed by atoms with Gasteiger partial charge in [-0.05, 0) is 29.6 Å². The average Bonchev–Trinajstić information content (AvgIpc) is 2.86. The molecule has 1 heterocycles. The maximum absolute atomic E-state index is 8.72. The minimum atomic E-state index is 0.0728. The van der Waals surface area contributed by atoms with Crippen molar-refractivity contribution in [2.24, 2.45) is 0 Å². The number of benzene rings is 1. The highest BCUT2D eigenvalue weighted by molar-refractivity contribution is 7.10. The zero-order chi connectivity index (χ0) is 14.4. The molecule has 0 fully saturated rings. The van der Waals surface area contributed by atoms with E-state index in [4.69, 9.17) is 33.0 Å². The lowest BCUT2D eigenvalue weighted by atomic mass is 10.2. The van der Waals surface area contributed by atoms with Crippen LogP contribution >= 0.6 is 34.5 Å². The third-order valence-corrected chi connectivity index (χ3v) is 3.88. The minimum Gasteiger partial charge on any atom is -0.486 e. The molecule has 20 heavy (non-hydrogen) atoms. The maximum Gasteiger partial charge on any atom is 0.138 e. The van der Waals surface area contributed by atoms with Crippen molar-refractivity contribution in [3.63, 3.8) is 0 Å². The second-order valence-corrected chi connectivity index (χ2v) is 5.74. The summed E-state index contributed by atoms with van der Waals surface area (Å²) in [5, 5.41) is 11.7. The van der Waals surface area contributed by atoms with E-state index in [1.54, 1.807) is 29.5 Å². The van der Waals surface area contributed by atoms with Crippen LogP contribution in [0.1, 0.15) is 16.9 Å². The molecule has 0 saturated carbocycles. The van der Waals surface area contributed by atoms with Gasteiger partial charge >= 0.3 is 0 Å². The molecule has 104 valence electrons. The normalized spacial score (nSPS) is 9.95. The van der Waals surface area contributed by atoms with Gasteiger partial charge in [-0.1, -0.05) is 35.0 Å². The van der Waals surface area contributed by atoms with Gasteiger partial charge in [-0.25, -0.2) is 0 Å². The SMILES string of the molecule is OCCC#Cc1ccsc1COc1ccc(Cl)cc1Cl. The molecule has 0 aliphatic rings. The van der Waals surface area contributed by atoms with Crippen LogP contribution in [-0.2, 0) is 6.61 Å². The maximum atomic E-state index is 8.72. The molecule has 1 aromatic heterocycles. The molecule has 0 aliphatic heterocycles. The van der Waals surface area contributed by atoms with Gasteiger partial charge in [0, 0.05) is 17.0 Å². The molecule has 0 bridgehead atoms. The van der Waals surface area contributed by atoms with Crippen LogP contribution in [-0.4, -0.2) is 11.7 Å². The zero-order valence-corrected chi connectivity index (χ0v) is 12.9. The molecule has 0 radical (unpaired) electrons. The first-order valence-corrected chi connectivity index (χ1v) is 7.58. The number of ether oxygens (including phenoxy) is 1. The van der Waals surface area contributed by atoms with E-state index in [1.165, 1.54) is 0 Å². The number of halogens is 2. The molecular weight excluding hydrogens is 315 g/mol. The number of hydrogen-bond acceptors (Lipinski definition) is 3. The number of hydrogen-bond donors (Lipinski definition) is 1. The fraction of sp³-hybridized carbons (Fsp3) is 0.200. The van der Waals surface area contributed by atoms with E-state index < -0.39 is 0 Å². The van der Waals surface area contributed by atoms with Crippen molar-refractivity contribution in [2.45, 2.75) is 13.0 Å². The molecule has 1 aromatic carbocycles. The van der Waals surface area contributed by atoms with E-state index in [-0.39, 0.29) is 6.61 Å². The summed E-state index contributed by atoms with van der Waals surface area (Å²) in [4.78, 5) is 1.03. The summed E-state index contributed by atoms with van der Waals surface area (Å²) >= 11 is 13.5. The Kier molecular flexibility index (Phi) is 5.75. The van der Waals surface area contributed by atoms with Gasteiger partial charge in [0.2, 0.25) is 0 Å². The molecule has 0 saturated heterocycles. The Morgan fingerprint density at radius 3 is 2.85 bits per heavy atom. The lowest BCUT2D eigenvalue weighted by Crippen LogP contribution is -1.95. The van der Waals surface area contributed by atoms with Crippen molar-refractivity contribution in [3.8, 4) is 17.6 Å². The van der Waals surface area contributed by atoms with Gasteiger partial charge in [-0.2, -0.15) is 0 Å².